The molecule has 0 aliphatic carbocycles. The number of amides is 2. The predicted octanol–water partition coefficient (Wildman–Crippen LogP) is 3.60. The summed E-state index contributed by atoms with van der Waals surface area (Å²) in [7, 11) is 0. The molecule has 0 aromatic heterocycles. The highest BCUT2D eigenvalue weighted by atomic mass is 19.1. The minimum Gasteiger partial charge on any atom is -0.467 e. The van der Waals surface area contributed by atoms with Gasteiger partial charge in [0.25, 0.3) is 0 Å². The molecule has 0 spiro atoms. The lowest BCUT2D eigenvalue weighted by Crippen LogP contribution is -2.65. The Kier molecular flexibility index (Phi) is 2.66. The number of nitrogens with one attached hydrogen (secondary N) is 1. The van der Waals surface area contributed by atoms with Crippen LogP contribution in [0.25, 0.3) is 0 Å². The molecular formula is C17H15FN2O2. The van der Waals surface area contributed by atoms with Gasteiger partial charge < -0.3 is 10.1 Å². The van der Waals surface area contributed by atoms with Gasteiger partial charge in [0.2, 0.25) is 0 Å². The van der Waals surface area contributed by atoms with Crippen molar-refractivity contribution in [2.24, 2.45) is 0 Å². The van der Waals surface area contributed by atoms with Crippen molar-refractivity contribution in [3.05, 3.63) is 59.9 Å². The molecule has 4 rings (SSSR count). The number of urea groups is 1. The minimum absolute atomic E-state index is 0.0905. The van der Waals surface area contributed by atoms with Gasteiger partial charge in [-0.15, -0.1) is 0 Å². The Morgan fingerprint density at radius 1 is 1.27 bits per heavy atom. The fourth-order valence-electron chi connectivity index (χ4n) is 3.33. The Bertz CT molecular complexity index is 764. The van der Waals surface area contributed by atoms with E-state index >= 15 is 0 Å². The smallest absolute Gasteiger partial charge is 0.325 e. The lowest BCUT2D eigenvalue weighted by atomic mass is 9.90. The molecule has 1 N–H and O–H groups in total. The maximum atomic E-state index is 13.5. The fourth-order valence-corrected chi connectivity index (χ4v) is 3.33. The summed E-state index contributed by atoms with van der Waals surface area (Å²) in [6.07, 6.45) is 0.603. The fraction of sp³-hybridized carbons (Fsp3) is 0.235. The first-order valence-electron chi connectivity index (χ1n) is 7.21. The van der Waals surface area contributed by atoms with E-state index in [1.807, 2.05) is 31.2 Å². The van der Waals surface area contributed by atoms with Gasteiger partial charge in [-0.1, -0.05) is 24.3 Å². The molecule has 5 heteroatoms. The Morgan fingerprint density at radius 2 is 2.09 bits per heavy atom. The van der Waals surface area contributed by atoms with Crippen LogP contribution in [0.15, 0.2) is 48.5 Å². The summed E-state index contributed by atoms with van der Waals surface area (Å²) in [5.74, 6) is 0.370. The third kappa shape index (κ3) is 1.85. The summed E-state index contributed by atoms with van der Waals surface area (Å²) in [5, 5.41) is 2.98. The van der Waals surface area contributed by atoms with Gasteiger partial charge in [0.1, 0.15) is 11.6 Å². The van der Waals surface area contributed by atoms with Crippen LogP contribution in [0.5, 0.6) is 5.75 Å². The average Bonchev–Trinajstić information content (AvgIpc) is 2.46. The van der Waals surface area contributed by atoms with E-state index in [-0.39, 0.29) is 17.9 Å². The SMILES string of the molecule is C[C@@]12C[C@H](NC(=O)N1c1cccc(F)c1)c1ccccc1O2. The normalized spacial score (nSPS) is 26.0. The molecule has 2 amide bonds. The Balaban J connectivity index is 1.82. The highest BCUT2D eigenvalue weighted by Gasteiger charge is 2.49. The highest BCUT2D eigenvalue weighted by Crippen LogP contribution is 2.45. The van der Waals surface area contributed by atoms with Crippen LogP contribution in [-0.4, -0.2) is 11.8 Å². The standard InChI is InChI=1S/C17H15FN2O2/c1-17-10-14(13-7-2-3-8-15(13)22-17)19-16(21)20(17)12-6-4-5-11(18)9-12/h2-9,14H,10H2,1H3,(H,19,21)/t14-,17+/m0/s1. The van der Waals surface area contributed by atoms with Crippen LogP contribution in [0.2, 0.25) is 0 Å². The molecule has 2 heterocycles. The average molecular weight is 298 g/mol. The predicted molar refractivity (Wildman–Crippen MR) is 80.2 cm³/mol. The molecule has 0 radical (unpaired) electrons. The summed E-state index contributed by atoms with van der Waals surface area (Å²) in [6.45, 7) is 1.86. The maximum Gasteiger partial charge on any atom is 0.325 e. The van der Waals surface area contributed by atoms with Crippen molar-refractivity contribution in [2.75, 3.05) is 4.90 Å². The van der Waals surface area contributed by atoms with Gasteiger partial charge in [-0.05, 0) is 31.2 Å². The van der Waals surface area contributed by atoms with Gasteiger partial charge >= 0.3 is 6.03 Å². The molecule has 4 nitrogen and oxygen atoms in total. The molecule has 0 unspecified atom stereocenters. The van der Waals surface area contributed by atoms with Crippen molar-refractivity contribution in [1.82, 2.24) is 5.32 Å². The summed E-state index contributed by atoms with van der Waals surface area (Å²) in [5.41, 5.74) is 0.625. The number of anilines is 1. The third-order valence-corrected chi connectivity index (χ3v) is 4.25. The van der Waals surface area contributed by atoms with Gasteiger partial charge in [0.15, 0.2) is 5.72 Å². The lowest BCUT2D eigenvalue weighted by molar-refractivity contribution is 0.0378. The van der Waals surface area contributed by atoms with E-state index in [1.54, 1.807) is 12.1 Å². The number of para-hydroxylation sites is 1. The number of nitrogens with zero attached hydrogens (tertiary/aromatic N) is 1. The molecule has 2 aromatic carbocycles. The monoisotopic (exact) mass is 298 g/mol. The molecule has 2 atom stereocenters. The van der Waals surface area contributed by atoms with Crippen molar-refractivity contribution < 1.29 is 13.9 Å². The number of benzene rings is 2. The van der Waals surface area contributed by atoms with E-state index in [2.05, 4.69) is 5.32 Å². The van der Waals surface area contributed by atoms with Crippen molar-refractivity contribution >= 4 is 11.7 Å². The molecule has 0 saturated carbocycles. The number of hydrogen-bond acceptors (Lipinski definition) is 2. The minimum atomic E-state index is -0.838. The molecule has 22 heavy (non-hydrogen) atoms. The Hall–Kier alpha value is -2.56. The van der Waals surface area contributed by atoms with Crippen LogP contribution in [0.3, 0.4) is 0 Å². The van der Waals surface area contributed by atoms with Gasteiger partial charge in [0, 0.05) is 12.0 Å². The zero-order valence-electron chi connectivity index (χ0n) is 12.0. The molecular weight excluding hydrogens is 283 g/mol. The van der Waals surface area contributed by atoms with Gasteiger partial charge in [-0.3, -0.25) is 4.90 Å². The summed E-state index contributed by atoms with van der Waals surface area (Å²) < 4.78 is 19.6. The van der Waals surface area contributed by atoms with E-state index in [0.29, 0.717) is 12.1 Å². The first kappa shape index (κ1) is 13.1. The topological polar surface area (TPSA) is 41.6 Å². The number of fused-ring (bicyclic) bond motifs is 4. The van der Waals surface area contributed by atoms with Crippen LogP contribution >= 0.6 is 0 Å². The second-order valence-electron chi connectivity index (χ2n) is 5.84. The first-order valence-corrected chi connectivity index (χ1v) is 7.21. The lowest BCUT2D eigenvalue weighted by Gasteiger charge is -2.50. The van der Waals surface area contributed by atoms with E-state index in [4.69, 9.17) is 4.74 Å². The van der Waals surface area contributed by atoms with Crippen molar-refractivity contribution in [1.29, 1.82) is 0 Å². The van der Waals surface area contributed by atoms with Crippen molar-refractivity contribution in [2.45, 2.75) is 25.1 Å². The third-order valence-electron chi connectivity index (χ3n) is 4.25. The van der Waals surface area contributed by atoms with E-state index in [9.17, 15) is 9.18 Å². The van der Waals surface area contributed by atoms with Crippen LogP contribution in [0, 0.1) is 5.82 Å². The largest absolute Gasteiger partial charge is 0.467 e. The molecule has 1 saturated heterocycles. The number of halogens is 1. The number of ether oxygens (including phenoxy) is 1. The zero-order chi connectivity index (χ0) is 15.3. The summed E-state index contributed by atoms with van der Waals surface area (Å²) in [4.78, 5) is 14.0. The van der Waals surface area contributed by atoms with Gasteiger partial charge in [-0.2, -0.15) is 0 Å². The molecule has 2 aromatic rings. The molecule has 2 aliphatic heterocycles. The van der Waals surface area contributed by atoms with E-state index < -0.39 is 5.72 Å². The zero-order valence-corrected chi connectivity index (χ0v) is 12.0. The van der Waals surface area contributed by atoms with Crippen LogP contribution in [0.1, 0.15) is 24.9 Å². The number of carbonyl (C=O) groups is 1. The second-order valence-corrected chi connectivity index (χ2v) is 5.84. The van der Waals surface area contributed by atoms with Crippen molar-refractivity contribution in [3.8, 4) is 5.75 Å². The number of hydrogen-bond donors (Lipinski definition) is 1. The number of rotatable bonds is 1. The molecule has 1 fully saturated rings. The van der Waals surface area contributed by atoms with Gasteiger partial charge in [-0.25, -0.2) is 9.18 Å². The highest BCUT2D eigenvalue weighted by molar-refractivity contribution is 5.94. The maximum absolute atomic E-state index is 13.5. The Labute approximate surface area is 127 Å². The second kappa shape index (κ2) is 4.47. The van der Waals surface area contributed by atoms with Crippen LogP contribution in [-0.2, 0) is 0 Å². The quantitative estimate of drug-likeness (QED) is 0.874. The number of carbonyl (C=O) groups excluding carboxylic acids is 1. The van der Waals surface area contributed by atoms with Gasteiger partial charge in [0.05, 0.1) is 11.7 Å². The molecule has 112 valence electrons. The Morgan fingerprint density at radius 3 is 2.91 bits per heavy atom. The summed E-state index contributed by atoms with van der Waals surface area (Å²) >= 11 is 0. The molecule has 2 bridgehead atoms. The first-order chi connectivity index (χ1) is 10.6. The van der Waals surface area contributed by atoms with E-state index in [1.165, 1.54) is 17.0 Å². The van der Waals surface area contributed by atoms with Crippen LogP contribution < -0.4 is 15.0 Å². The molecule has 2 aliphatic rings. The van der Waals surface area contributed by atoms with Crippen molar-refractivity contribution in [3.63, 3.8) is 0 Å². The summed E-state index contributed by atoms with van der Waals surface area (Å²) in [6, 6.07) is 13.3. The van der Waals surface area contributed by atoms with Crippen LogP contribution in [0.4, 0.5) is 14.9 Å². The van der Waals surface area contributed by atoms with E-state index in [0.717, 1.165) is 11.3 Å².